The Bertz CT molecular complexity index is 694. The number of pyridine rings is 1. The number of hydrogen-bond donors (Lipinski definition) is 0. The third-order valence-corrected chi connectivity index (χ3v) is 6.07. The summed E-state index contributed by atoms with van der Waals surface area (Å²) < 4.78 is 10.7. The van der Waals surface area contributed by atoms with Crippen LogP contribution in [-0.2, 0) is 7.05 Å². The first kappa shape index (κ1) is 14.5. The summed E-state index contributed by atoms with van der Waals surface area (Å²) in [5, 5.41) is 1.39. The molecule has 112 valence electrons. The molecule has 1 aromatic carbocycles. The molecule has 0 saturated heterocycles. The van der Waals surface area contributed by atoms with Crippen molar-refractivity contribution >= 4 is 13.3 Å². The Kier molecular flexibility index (Phi) is 3.98. The molecule has 0 radical (unpaired) electrons. The molecule has 0 aliphatic heterocycles. The van der Waals surface area contributed by atoms with Crippen molar-refractivity contribution in [1.82, 2.24) is 0 Å². The standard InChI is InChI=1S/C19H28NSi/c1-14(2)17-13-20(4)18(12-19(17)21(5,6)7)16-11-9-8-10-15(16)3/h8-14H,1-7H3/q+1/i14D. The first-order chi connectivity index (χ1) is 10.0. The lowest BCUT2D eigenvalue weighted by Crippen LogP contribution is -2.45. The largest absolute Gasteiger partial charge is 0.212 e. The van der Waals surface area contributed by atoms with E-state index in [1.54, 1.807) is 0 Å². The summed E-state index contributed by atoms with van der Waals surface area (Å²) in [6.07, 6.45) is 2.17. The Balaban J connectivity index is 2.77. The van der Waals surface area contributed by atoms with Crippen LogP contribution in [0.2, 0.25) is 19.6 Å². The number of hydrogen-bond acceptors (Lipinski definition) is 0. The van der Waals surface area contributed by atoms with Crippen LogP contribution < -0.4 is 9.75 Å². The maximum absolute atomic E-state index is 8.52. The minimum absolute atomic E-state index is 0.572. The molecule has 0 aliphatic carbocycles. The Morgan fingerprint density at radius 1 is 1.14 bits per heavy atom. The maximum Gasteiger partial charge on any atom is 0.212 e. The van der Waals surface area contributed by atoms with Crippen molar-refractivity contribution in [2.24, 2.45) is 7.05 Å². The van der Waals surface area contributed by atoms with Crippen LogP contribution in [-0.4, -0.2) is 8.07 Å². The molecule has 2 aromatic rings. The van der Waals surface area contributed by atoms with Crippen LogP contribution in [0.25, 0.3) is 11.3 Å². The average molecular weight is 300 g/mol. The van der Waals surface area contributed by atoms with Crippen molar-refractivity contribution in [1.29, 1.82) is 0 Å². The van der Waals surface area contributed by atoms with Gasteiger partial charge in [0.2, 0.25) is 5.69 Å². The SMILES string of the molecule is [2H]C(C)(C)c1c[n+](C)c(-c2ccccc2C)cc1[Si](C)(C)C. The van der Waals surface area contributed by atoms with Gasteiger partial charge in [-0.2, -0.15) is 0 Å². The molecule has 0 spiro atoms. The molecule has 0 atom stereocenters. The number of aryl methyl sites for hydroxylation is 2. The fourth-order valence-corrected chi connectivity index (χ4v) is 4.49. The van der Waals surface area contributed by atoms with Crippen molar-refractivity contribution in [2.45, 2.75) is 46.3 Å². The number of nitrogens with zero attached hydrogens (tertiary/aromatic N) is 1. The van der Waals surface area contributed by atoms with Gasteiger partial charge in [-0.3, -0.25) is 0 Å². The summed E-state index contributed by atoms with van der Waals surface area (Å²) in [5.41, 5.74) is 4.96. The predicted octanol–water partition coefficient (Wildman–Crippen LogP) is 4.16. The van der Waals surface area contributed by atoms with Gasteiger partial charge in [-0.05, 0) is 29.6 Å². The normalized spacial score (nSPS) is 13.2. The summed E-state index contributed by atoms with van der Waals surface area (Å²) in [6.45, 7) is 13.2. The zero-order valence-electron chi connectivity index (χ0n) is 15.4. The van der Waals surface area contributed by atoms with E-state index in [0.717, 1.165) is 5.56 Å². The molecule has 1 nitrogen and oxygen atoms in total. The first-order valence-electron chi connectivity index (χ1n) is 8.12. The third kappa shape index (κ3) is 3.26. The van der Waals surface area contributed by atoms with Gasteiger partial charge < -0.3 is 0 Å². The summed E-state index contributed by atoms with van der Waals surface area (Å²) >= 11 is 0. The van der Waals surface area contributed by atoms with E-state index in [0.29, 0.717) is 0 Å². The van der Waals surface area contributed by atoms with Crippen LogP contribution in [0.1, 0.15) is 32.2 Å². The zero-order chi connectivity index (χ0) is 16.7. The van der Waals surface area contributed by atoms with Crippen LogP contribution in [0.5, 0.6) is 0 Å². The van der Waals surface area contributed by atoms with Crippen molar-refractivity contribution < 1.29 is 5.94 Å². The highest BCUT2D eigenvalue weighted by molar-refractivity contribution is 6.89. The molecule has 0 amide bonds. The molecule has 0 N–H and O–H groups in total. The fourth-order valence-electron chi connectivity index (χ4n) is 2.80. The lowest BCUT2D eigenvalue weighted by atomic mass is 10.0. The highest BCUT2D eigenvalue weighted by Gasteiger charge is 2.26. The molecule has 0 unspecified atom stereocenters. The Labute approximate surface area is 132 Å². The van der Waals surface area contributed by atoms with E-state index in [4.69, 9.17) is 1.37 Å². The second-order valence-corrected chi connectivity index (χ2v) is 12.2. The molecule has 0 fully saturated rings. The molecule has 0 aliphatic rings. The van der Waals surface area contributed by atoms with E-state index in [1.165, 1.54) is 22.0 Å². The molecule has 2 heteroatoms. The van der Waals surface area contributed by atoms with E-state index >= 15 is 0 Å². The van der Waals surface area contributed by atoms with Gasteiger partial charge in [0.05, 0.1) is 8.07 Å². The number of rotatable bonds is 3. The molecular weight excluding hydrogens is 270 g/mol. The van der Waals surface area contributed by atoms with Gasteiger partial charge in [0.15, 0.2) is 6.20 Å². The zero-order valence-corrected chi connectivity index (χ0v) is 15.4. The molecule has 1 heterocycles. The third-order valence-electron chi connectivity index (χ3n) is 4.04. The average Bonchev–Trinajstić information content (AvgIpc) is 2.37. The molecule has 21 heavy (non-hydrogen) atoms. The minimum Gasteiger partial charge on any atom is -0.201 e. The van der Waals surface area contributed by atoms with Gasteiger partial charge in [-0.15, -0.1) is 0 Å². The van der Waals surface area contributed by atoms with E-state index in [9.17, 15) is 0 Å². The highest BCUT2D eigenvalue weighted by atomic mass is 28.3. The topological polar surface area (TPSA) is 3.88 Å². The van der Waals surface area contributed by atoms with E-state index in [-0.39, 0.29) is 0 Å². The second kappa shape index (κ2) is 5.76. The van der Waals surface area contributed by atoms with Gasteiger partial charge in [-0.25, -0.2) is 4.57 Å². The molecule has 0 saturated carbocycles. The van der Waals surface area contributed by atoms with Gasteiger partial charge >= 0.3 is 0 Å². The van der Waals surface area contributed by atoms with Gasteiger partial charge in [0, 0.05) is 18.6 Å². The van der Waals surface area contributed by atoms with Crippen molar-refractivity contribution in [2.75, 3.05) is 0 Å². The van der Waals surface area contributed by atoms with Crippen LogP contribution in [0.15, 0.2) is 36.5 Å². The van der Waals surface area contributed by atoms with Gasteiger partial charge in [0.25, 0.3) is 0 Å². The van der Waals surface area contributed by atoms with E-state index < -0.39 is 14.0 Å². The number of benzene rings is 1. The predicted molar refractivity (Wildman–Crippen MR) is 94.9 cm³/mol. The smallest absolute Gasteiger partial charge is 0.201 e. The van der Waals surface area contributed by atoms with Crippen LogP contribution in [0.4, 0.5) is 0 Å². The second-order valence-electron chi connectivity index (χ2n) is 7.16. The van der Waals surface area contributed by atoms with Gasteiger partial charge in [-0.1, -0.05) is 51.7 Å². The van der Waals surface area contributed by atoms with Crippen molar-refractivity contribution in [3.05, 3.63) is 47.7 Å². The minimum atomic E-state index is -1.53. The van der Waals surface area contributed by atoms with Crippen LogP contribution in [0.3, 0.4) is 0 Å². The summed E-state index contributed by atoms with van der Waals surface area (Å²) in [5.74, 6) is -0.572. The quantitative estimate of drug-likeness (QED) is 0.592. The molecular formula is C19H28NSi+. The summed E-state index contributed by atoms with van der Waals surface area (Å²) in [7, 11) is 0.563. The van der Waals surface area contributed by atoms with Crippen molar-refractivity contribution in [3.8, 4) is 11.3 Å². The first-order valence-corrected chi connectivity index (χ1v) is 11.1. The maximum atomic E-state index is 8.52. The fraction of sp³-hybridized carbons (Fsp3) is 0.421. The lowest BCUT2D eigenvalue weighted by Gasteiger charge is -2.22. The highest BCUT2D eigenvalue weighted by Crippen LogP contribution is 2.22. The van der Waals surface area contributed by atoms with E-state index in [1.807, 2.05) is 13.8 Å². The van der Waals surface area contributed by atoms with Crippen molar-refractivity contribution in [3.63, 3.8) is 0 Å². The Morgan fingerprint density at radius 2 is 1.76 bits per heavy atom. The Hall–Kier alpha value is -1.41. The van der Waals surface area contributed by atoms with Crippen LogP contribution >= 0.6 is 0 Å². The molecule has 1 aromatic heterocycles. The van der Waals surface area contributed by atoms with Gasteiger partial charge in [0.1, 0.15) is 7.05 Å². The summed E-state index contributed by atoms with van der Waals surface area (Å²) in [6, 6.07) is 10.9. The lowest BCUT2D eigenvalue weighted by molar-refractivity contribution is -0.660. The molecule has 0 bridgehead atoms. The van der Waals surface area contributed by atoms with E-state index in [2.05, 4.69) is 74.7 Å². The Morgan fingerprint density at radius 3 is 2.29 bits per heavy atom. The van der Waals surface area contributed by atoms with Crippen LogP contribution in [0, 0.1) is 6.92 Å². The monoisotopic (exact) mass is 299 g/mol. The summed E-state index contributed by atoms with van der Waals surface area (Å²) in [4.78, 5) is 0. The molecule has 2 rings (SSSR count). The number of aromatic nitrogens is 1.